The zero-order chi connectivity index (χ0) is 17.9. The molecule has 128 valence electrons. The van der Waals surface area contributed by atoms with Gasteiger partial charge in [0.15, 0.2) is 0 Å². The molecule has 4 nitrogen and oxygen atoms in total. The summed E-state index contributed by atoms with van der Waals surface area (Å²) < 4.78 is 17.3. The topological polar surface area (TPSA) is 44.8 Å². The monoisotopic (exact) mass is 344 g/mol. The van der Waals surface area contributed by atoms with Crippen molar-refractivity contribution in [3.63, 3.8) is 0 Å². The van der Waals surface area contributed by atoms with E-state index >= 15 is 0 Å². The Morgan fingerprint density at radius 3 is 1.64 bits per heavy atom. The number of esters is 1. The molecule has 0 aliphatic carbocycles. The molecule has 6 heteroatoms. The van der Waals surface area contributed by atoms with Gasteiger partial charge in [0.2, 0.25) is 16.6 Å². The minimum Gasteiger partial charge on any atom is -0.547 e. The maximum Gasteiger partial charge on any atom is 0.345 e. The summed E-state index contributed by atoms with van der Waals surface area (Å²) in [5, 5.41) is 0. The van der Waals surface area contributed by atoms with Crippen molar-refractivity contribution in [2.75, 3.05) is 0 Å². The summed E-state index contributed by atoms with van der Waals surface area (Å²) >= 11 is 0. The average molecular weight is 345 g/mol. The second-order valence-electron chi connectivity index (χ2n) is 8.29. The van der Waals surface area contributed by atoms with Gasteiger partial charge < -0.3 is 13.6 Å². The molecule has 0 bridgehead atoms. The molecule has 0 saturated carbocycles. The van der Waals surface area contributed by atoms with E-state index in [1.165, 1.54) is 0 Å². The molecule has 0 aliphatic rings. The Kier molecular flexibility index (Phi) is 6.71. The summed E-state index contributed by atoms with van der Waals surface area (Å²) in [7, 11) is -3.72. The van der Waals surface area contributed by atoms with Crippen LogP contribution in [0.1, 0.15) is 27.7 Å². The molecule has 0 spiro atoms. The van der Waals surface area contributed by atoms with Crippen molar-refractivity contribution in [3.8, 4) is 0 Å². The Morgan fingerprint density at radius 1 is 0.909 bits per heavy atom. The summed E-state index contributed by atoms with van der Waals surface area (Å²) in [4.78, 5) is 12.5. The summed E-state index contributed by atoms with van der Waals surface area (Å²) in [6.45, 7) is 23.5. The smallest absolute Gasteiger partial charge is 0.345 e. The molecule has 0 aromatic heterocycles. The first-order chi connectivity index (χ1) is 9.52. The number of ether oxygens (including phenoxy) is 1. The molecule has 0 aliphatic heterocycles. The summed E-state index contributed by atoms with van der Waals surface area (Å²) in [6, 6.07) is 0. The van der Waals surface area contributed by atoms with E-state index in [0.29, 0.717) is 17.1 Å². The molecule has 0 rings (SSSR count). The van der Waals surface area contributed by atoms with Crippen LogP contribution in [0.25, 0.3) is 0 Å². The first-order valence-corrected chi connectivity index (χ1v) is 14.3. The van der Waals surface area contributed by atoms with Gasteiger partial charge in [0, 0.05) is 0 Å². The van der Waals surface area contributed by atoms with Gasteiger partial charge in [-0.2, -0.15) is 0 Å². The van der Waals surface area contributed by atoms with E-state index in [1.54, 1.807) is 6.92 Å². The highest BCUT2D eigenvalue weighted by Crippen LogP contribution is 2.25. The SMILES string of the molecule is C=C(O[Si](C)(C)C)C(C(=O)OC(C)(C)C)=C(C)O[Si](C)(C)C. The maximum absolute atomic E-state index is 12.5. The van der Waals surface area contributed by atoms with E-state index in [9.17, 15) is 4.79 Å². The first-order valence-electron chi connectivity index (χ1n) is 7.53. The Labute approximate surface area is 137 Å². The quantitative estimate of drug-likeness (QED) is 0.228. The third kappa shape index (κ3) is 9.09. The van der Waals surface area contributed by atoms with Gasteiger partial charge in [-0.1, -0.05) is 6.58 Å². The normalized spacial score (nSPS) is 14.1. The van der Waals surface area contributed by atoms with Crippen LogP contribution in [0, 0.1) is 0 Å². The van der Waals surface area contributed by atoms with Crippen LogP contribution in [0.15, 0.2) is 23.7 Å². The van der Waals surface area contributed by atoms with Gasteiger partial charge in [0.05, 0.1) is 5.76 Å². The number of carbonyl (C=O) groups is 1. The predicted molar refractivity (Wildman–Crippen MR) is 96.5 cm³/mol. The molecular weight excluding hydrogens is 312 g/mol. The lowest BCUT2D eigenvalue weighted by atomic mass is 10.1. The Balaban J connectivity index is 5.64. The highest BCUT2D eigenvalue weighted by molar-refractivity contribution is 6.70. The highest BCUT2D eigenvalue weighted by atomic mass is 28.4. The molecule has 0 amide bonds. The van der Waals surface area contributed by atoms with Crippen LogP contribution in [0.5, 0.6) is 0 Å². The molecule has 0 aromatic carbocycles. The number of carbonyl (C=O) groups excluding carboxylic acids is 1. The minimum atomic E-state index is -1.88. The van der Waals surface area contributed by atoms with Crippen molar-refractivity contribution in [1.29, 1.82) is 0 Å². The number of hydrogen-bond donors (Lipinski definition) is 0. The third-order valence-electron chi connectivity index (χ3n) is 2.12. The van der Waals surface area contributed by atoms with E-state index in [0.717, 1.165) is 0 Å². The van der Waals surface area contributed by atoms with Crippen molar-refractivity contribution in [3.05, 3.63) is 23.7 Å². The first kappa shape index (κ1) is 21.0. The second kappa shape index (κ2) is 7.04. The Hall–Kier alpha value is -1.02. The van der Waals surface area contributed by atoms with Crippen molar-refractivity contribution in [2.24, 2.45) is 0 Å². The van der Waals surface area contributed by atoms with Crippen LogP contribution >= 0.6 is 0 Å². The number of hydrogen-bond acceptors (Lipinski definition) is 4. The molecule has 0 fully saturated rings. The van der Waals surface area contributed by atoms with Crippen LogP contribution in [0.4, 0.5) is 0 Å². The fraction of sp³-hybridized carbons (Fsp3) is 0.688. The van der Waals surface area contributed by atoms with Gasteiger partial charge in [-0.3, -0.25) is 0 Å². The van der Waals surface area contributed by atoms with Gasteiger partial charge in [0.1, 0.15) is 16.9 Å². The lowest BCUT2D eigenvalue weighted by Gasteiger charge is -2.27. The molecule has 0 radical (unpaired) electrons. The summed E-state index contributed by atoms with van der Waals surface area (Å²) in [5.41, 5.74) is -0.277. The van der Waals surface area contributed by atoms with Crippen LogP contribution in [0.2, 0.25) is 39.3 Å². The molecule has 0 atom stereocenters. The number of allylic oxidation sites excluding steroid dienone is 1. The van der Waals surface area contributed by atoms with E-state index in [4.69, 9.17) is 13.6 Å². The molecular formula is C16H32O4Si2. The average Bonchev–Trinajstić information content (AvgIpc) is 2.06. The molecule has 0 heterocycles. The maximum atomic E-state index is 12.5. The van der Waals surface area contributed by atoms with Gasteiger partial charge in [0.25, 0.3) is 0 Å². The van der Waals surface area contributed by atoms with Crippen LogP contribution in [-0.4, -0.2) is 28.2 Å². The molecule has 0 N–H and O–H groups in total. The molecule has 0 saturated heterocycles. The third-order valence-corrected chi connectivity index (χ3v) is 3.90. The Bertz CT molecular complexity index is 430. The van der Waals surface area contributed by atoms with Crippen LogP contribution in [-0.2, 0) is 18.4 Å². The zero-order valence-corrected chi connectivity index (χ0v) is 17.8. The van der Waals surface area contributed by atoms with Gasteiger partial charge in [-0.05, 0) is 67.0 Å². The number of rotatable bonds is 6. The van der Waals surface area contributed by atoms with E-state index in [2.05, 4.69) is 26.2 Å². The standard InChI is InChI=1S/C16H32O4Si2/c1-12(19-21(6,7)8)14(13(2)20-22(9,10)11)15(17)18-16(3,4)5/h1H2,2-11H3. The Morgan fingerprint density at radius 2 is 1.32 bits per heavy atom. The van der Waals surface area contributed by atoms with Crippen LogP contribution in [0.3, 0.4) is 0 Å². The zero-order valence-electron chi connectivity index (χ0n) is 15.8. The summed E-state index contributed by atoms with van der Waals surface area (Å²) in [5.74, 6) is 0.410. The predicted octanol–water partition coefficient (Wildman–Crippen LogP) is 4.82. The minimum absolute atomic E-state index is 0.305. The molecule has 22 heavy (non-hydrogen) atoms. The lowest BCUT2D eigenvalue weighted by Crippen LogP contribution is -2.31. The summed E-state index contributed by atoms with van der Waals surface area (Å²) in [6.07, 6.45) is 0. The second-order valence-corrected chi connectivity index (χ2v) is 17.1. The van der Waals surface area contributed by atoms with Crippen molar-refractivity contribution < 1.29 is 18.4 Å². The van der Waals surface area contributed by atoms with Crippen molar-refractivity contribution in [1.82, 2.24) is 0 Å². The van der Waals surface area contributed by atoms with Crippen molar-refractivity contribution >= 4 is 22.6 Å². The highest BCUT2D eigenvalue weighted by Gasteiger charge is 2.30. The molecule has 0 aromatic rings. The van der Waals surface area contributed by atoms with Gasteiger partial charge in [-0.15, -0.1) is 0 Å². The molecule has 0 unspecified atom stereocenters. The van der Waals surface area contributed by atoms with Crippen molar-refractivity contribution in [2.45, 2.75) is 72.6 Å². The fourth-order valence-corrected chi connectivity index (χ4v) is 3.58. The van der Waals surface area contributed by atoms with E-state index < -0.39 is 28.2 Å². The fourth-order valence-electron chi connectivity index (χ4n) is 1.71. The van der Waals surface area contributed by atoms with Gasteiger partial charge >= 0.3 is 5.97 Å². The lowest BCUT2D eigenvalue weighted by molar-refractivity contribution is -0.150. The largest absolute Gasteiger partial charge is 0.547 e. The van der Waals surface area contributed by atoms with Crippen LogP contribution < -0.4 is 0 Å². The van der Waals surface area contributed by atoms with Gasteiger partial charge in [-0.25, -0.2) is 4.79 Å². The van der Waals surface area contributed by atoms with E-state index in [1.807, 2.05) is 40.4 Å². The van der Waals surface area contributed by atoms with E-state index in [-0.39, 0.29) is 0 Å².